The summed E-state index contributed by atoms with van der Waals surface area (Å²) in [5, 5.41) is 3.12. The van der Waals surface area contributed by atoms with E-state index < -0.39 is 0 Å². The summed E-state index contributed by atoms with van der Waals surface area (Å²) in [6.07, 6.45) is 2.38. The first-order valence-corrected chi connectivity index (χ1v) is 4.49. The van der Waals surface area contributed by atoms with Crippen LogP contribution in [0.4, 0.5) is 5.69 Å². The van der Waals surface area contributed by atoms with Gasteiger partial charge in [-0.15, -0.1) is 0 Å². The van der Waals surface area contributed by atoms with Crippen LogP contribution >= 0.6 is 0 Å². The first kappa shape index (κ1) is 9.78. The normalized spacial score (nSPS) is 9.69. The smallest absolute Gasteiger partial charge is 0.120 e. The van der Waals surface area contributed by atoms with Crippen molar-refractivity contribution in [3.8, 4) is 0 Å². The van der Waals surface area contributed by atoms with Gasteiger partial charge < -0.3 is 10.1 Å². The monoisotopic (exact) mass is 177 g/mol. The third-order valence-electron chi connectivity index (χ3n) is 2.06. The molecule has 0 aromatic heterocycles. The molecule has 0 amide bonds. The van der Waals surface area contributed by atoms with E-state index in [2.05, 4.69) is 30.4 Å². The number of benzene rings is 1. The van der Waals surface area contributed by atoms with Gasteiger partial charge in [0.05, 0.1) is 0 Å². The maximum Gasteiger partial charge on any atom is 0.120 e. The molecule has 0 heterocycles. The molecular weight excluding hydrogens is 162 g/mol. The largest absolute Gasteiger partial charge is 0.388 e. The van der Waals surface area contributed by atoms with Crippen LogP contribution in [-0.2, 0) is 11.2 Å². The van der Waals surface area contributed by atoms with E-state index in [1.807, 2.05) is 7.05 Å². The van der Waals surface area contributed by atoms with Crippen molar-refractivity contribution in [3.05, 3.63) is 29.3 Å². The molecule has 0 fully saturated rings. The molecule has 0 spiro atoms. The van der Waals surface area contributed by atoms with Crippen molar-refractivity contribution in [2.45, 2.75) is 19.8 Å². The molecule has 1 aromatic rings. The first-order chi connectivity index (χ1) is 6.27. The molecule has 0 aliphatic heterocycles. The van der Waals surface area contributed by atoms with Crippen LogP contribution in [0.25, 0.3) is 0 Å². The van der Waals surface area contributed by atoms with E-state index in [9.17, 15) is 4.79 Å². The van der Waals surface area contributed by atoms with Gasteiger partial charge in [-0.2, -0.15) is 0 Å². The lowest BCUT2D eigenvalue weighted by molar-refractivity contribution is -0.107. The van der Waals surface area contributed by atoms with Gasteiger partial charge in [0.25, 0.3) is 0 Å². The topological polar surface area (TPSA) is 29.1 Å². The molecule has 2 heteroatoms. The molecule has 0 unspecified atom stereocenters. The highest BCUT2D eigenvalue weighted by Gasteiger charge is 2.00. The summed E-state index contributed by atoms with van der Waals surface area (Å²) < 4.78 is 0. The van der Waals surface area contributed by atoms with Gasteiger partial charge in [-0.25, -0.2) is 0 Å². The van der Waals surface area contributed by atoms with Crippen molar-refractivity contribution in [2.75, 3.05) is 12.4 Å². The minimum absolute atomic E-state index is 0.595. The summed E-state index contributed by atoms with van der Waals surface area (Å²) in [5.74, 6) is 0. The van der Waals surface area contributed by atoms with E-state index in [1.54, 1.807) is 0 Å². The molecule has 0 radical (unpaired) electrons. The van der Waals surface area contributed by atoms with E-state index in [4.69, 9.17) is 0 Å². The summed E-state index contributed by atoms with van der Waals surface area (Å²) in [5.41, 5.74) is 3.57. The zero-order chi connectivity index (χ0) is 9.68. The Balaban J connectivity index is 2.87. The molecule has 1 N–H and O–H groups in total. The Morgan fingerprint density at radius 3 is 2.85 bits per heavy atom. The van der Waals surface area contributed by atoms with E-state index in [-0.39, 0.29) is 0 Å². The van der Waals surface area contributed by atoms with Crippen LogP contribution in [0.2, 0.25) is 0 Å². The lowest BCUT2D eigenvalue weighted by Crippen LogP contribution is -1.96. The SMILES string of the molecule is CNc1ccc(C)cc1CCC=O. The van der Waals surface area contributed by atoms with E-state index in [0.29, 0.717) is 6.42 Å². The number of hydrogen-bond donors (Lipinski definition) is 1. The van der Waals surface area contributed by atoms with E-state index in [0.717, 1.165) is 18.4 Å². The summed E-state index contributed by atoms with van der Waals surface area (Å²) >= 11 is 0. The quantitative estimate of drug-likeness (QED) is 0.714. The highest BCUT2D eigenvalue weighted by molar-refractivity contribution is 5.55. The molecular formula is C11H15NO. The van der Waals surface area contributed by atoms with Crippen LogP contribution in [-0.4, -0.2) is 13.3 Å². The van der Waals surface area contributed by atoms with Gasteiger partial charge in [0, 0.05) is 19.2 Å². The number of aryl methyl sites for hydroxylation is 2. The van der Waals surface area contributed by atoms with Gasteiger partial charge >= 0.3 is 0 Å². The van der Waals surface area contributed by atoms with Gasteiger partial charge in [-0.1, -0.05) is 17.7 Å². The maximum absolute atomic E-state index is 10.2. The van der Waals surface area contributed by atoms with Gasteiger partial charge in [0.1, 0.15) is 6.29 Å². The van der Waals surface area contributed by atoms with Crippen molar-refractivity contribution in [2.24, 2.45) is 0 Å². The average molecular weight is 177 g/mol. The second kappa shape index (κ2) is 4.65. The average Bonchev–Trinajstić information content (AvgIpc) is 2.15. The highest BCUT2D eigenvalue weighted by Crippen LogP contribution is 2.17. The fourth-order valence-electron chi connectivity index (χ4n) is 1.39. The Morgan fingerprint density at radius 2 is 2.23 bits per heavy atom. The molecule has 13 heavy (non-hydrogen) atoms. The van der Waals surface area contributed by atoms with Crippen LogP contribution < -0.4 is 5.32 Å². The predicted octanol–water partition coefficient (Wildman–Crippen LogP) is 2.17. The zero-order valence-electron chi connectivity index (χ0n) is 8.13. The Bertz CT molecular complexity index is 294. The summed E-state index contributed by atoms with van der Waals surface area (Å²) in [4.78, 5) is 10.2. The number of nitrogens with one attached hydrogen (secondary N) is 1. The molecule has 0 atom stereocenters. The highest BCUT2D eigenvalue weighted by atomic mass is 16.1. The molecule has 0 saturated carbocycles. The van der Waals surface area contributed by atoms with E-state index >= 15 is 0 Å². The Morgan fingerprint density at radius 1 is 1.46 bits per heavy atom. The number of carbonyl (C=O) groups excluding carboxylic acids is 1. The minimum Gasteiger partial charge on any atom is -0.388 e. The molecule has 1 aromatic carbocycles. The number of anilines is 1. The molecule has 70 valence electrons. The summed E-state index contributed by atoms with van der Waals surface area (Å²) in [7, 11) is 1.90. The molecule has 1 rings (SSSR count). The molecule has 2 nitrogen and oxygen atoms in total. The molecule has 0 bridgehead atoms. The van der Waals surface area contributed by atoms with Crippen LogP contribution in [0.3, 0.4) is 0 Å². The summed E-state index contributed by atoms with van der Waals surface area (Å²) in [6.45, 7) is 2.06. The Kier molecular flexibility index (Phi) is 3.50. The van der Waals surface area contributed by atoms with Crippen LogP contribution in [0, 0.1) is 6.92 Å². The fourth-order valence-corrected chi connectivity index (χ4v) is 1.39. The number of rotatable bonds is 4. The summed E-state index contributed by atoms with van der Waals surface area (Å²) in [6, 6.07) is 6.24. The zero-order valence-corrected chi connectivity index (χ0v) is 8.13. The third-order valence-corrected chi connectivity index (χ3v) is 2.06. The number of aldehydes is 1. The Labute approximate surface area is 79.0 Å². The van der Waals surface area contributed by atoms with Gasteiger partial charge in [0.2, 0.25) is 0 Å². The number of carbonyl (C=O) groups is 1. The number of hydrogen-bond acceptors (Lipinski definition) is 2. The molecule has 0 saturated heterocycles. The van der Waals surface area contributed by atoms with Crippen molar-refractivity contribution in [1.29, 1.82) is 0 Å². The maximum atomic E-state index is 10.2. The van der Waals surface area contributed by atoms with Crippen LogP contribution in [0.15, 0.2) is 18.2 Å². The lowest BCUT2D eigenvalue weighted by atomic mass is 10.1. The van der Waals surface area contributed by atoms with Gasteiger partial charge in [-0.3, -0.25) is 0 Å². The minimum atomic E-state index is 0.595. The molecule has 0 aliphatic carbocycles. The second-order valence-corrected chi connectivity index (χ2v) is 3.12. The standard InChI is InChI=1S/C11H15NO/c1-9-5-6-11(12-2)10(8-9)4-3-7-13/h5-8,12H,3-4H2,1-2H3. The van der Waals surface area contributed by atoms with Crippen molar-refractivity contribution < 1.29 is 4.79 Å². The van der Waals surface area contributed by atoms with Crippen molar-refractivity contribution in [1.82, 2.24) is 0 Å². The fraction of sp³-hybridized carbons (Fsp3) is 0.364. The first-order valence-electron chi connectivity index (χ1n) is 4.49. The van der Waals surface area contributed by atoms with Crippen LogP contribution in [0.1, 0.15) is 17.5 Å². The third kappa shape index (κ3) is 2.58. The van der Waals surface area contributed by atoms with Gasteiger partial charge in [0.15, 0.2) is 0 Å². The lowest BCUT2D eigenvalue weighted by Gasteiger charge is -2.08. The van der Waals surface area contributed by atoms with Crippen LogP contribution in [0.5, 0.6) is 0 Å². The van der Waals surface area contributed by atoms with E-state index in [1.165, 1.54) is 11.1 Å². The molecule has 0 aliphatic rings. The second-order valence-electron chi connectivity index (χ2n) is 3.12. The Hall–Kier alpha value is -1.31. The van der Waals surface area contributed by atoms with Gasteiger partial charge in [-0.05, 0) is 25.0 Å². The van der Waals surface area contributed by atoms with Crippen molar-refractivity contribution in [3.63, 3.8) is 0 Å². The van der Waals surface area contributed by atoms with Crippen molar-refractivity contribution >= 4 is 12.0 Å². The predicted molar refractivity (Wildman–Crippen MR) is 55.1 cm³/mol.